The van der Waals surface area contributed by atoms with Gasteiger partial charge in [0.15, 0.2) is 0 Å². The Morgan fingerprint density at radius 2 is 1.75 bits per heavy atom. The molecule has 0 heterocycles. The van der Waals surface area contributed by atoms with Crippen LogP contribution in [0.5, 0.6) is 5.75 Å². The molecule has 0 aliphatic rings. The molecule has 0 saturated carbocycles. The van der Waals surface area contributed by atoms with E-state index in [0.717, 1.165) is 15.8 Å². The van der Waals surface area contributed by atoms with E-state index >= 15 is 0 Å². The van der Waals surface area contributed by atoms with Crippen LogP contribution in [0.2, 0.25) is 0 Å². The van der Waals surface area contributed by atoms with Gasteiger partial charge in [-0.1, -0.05) is 34.1 Å². The Kier molecular flexibility index (Phi) is 6.81. The van der Waals surface area contributed by atoms with Crippen LogP contribution >= 0.6 is 15.9 Å². The Morgan fingerprint density at radius 3 is 2.46 bits per heavy atom. The van der Waals surface area contributed by atoms with Gasteiger partial charge in [0.2, 0.25) is 0 Å². The number of benzene rings is 2. The first-order chi connectivity index (χ1) is 11.6. The number of amides is 1. The van der Waals surface area contributed by atoms with Gasteiger partial charge in [-0.25, -0.2) is 0 Å². The summed E-state index contributed by atoms with van der Waals surface area (Å²) in [5, 5.41) is 2.52. The lowest BCUT2D eigenvalue weighted by Gasteiger charge is -2.10. The first-order valence-corrected chi connectivity index (χ1v) is 8.23. The molecule has 0 aliphatic carbocycles. The van der Waals surface area contributed by atoms with Crippen LogP contribution in [0.1, 0.15) is 15.9 Å². The summed E-state index contributed by atoms with van der Waals surface area (Å²) in [6.45, 7) is 2.15. The van der Waals surface area contributed by atoms with E-state index in [-0.39, 0.29) is 25.7 Å². The maximum atomic E-state index is 11.9. The summed E-state index contributed by atoms with van der Waals surface area (Å²) >= 11 is 3.30. The second kappa shape index (κ2) is 9.08. The monoisotopic (exact) mass is 391 g/mol. The minimum absolute atomic E-state index is 0.126. The van der Waals surface area contributed by atoms with Gasteiger partial charge in [0.25, 0.3) is 5.91 Å². The third kappa shape index (κ3) is 5.70. The zero-order valence-corrected chi connectivity index (χ0v) is 14.8. The Balaban J connectivity index is 1.65. The van der Waals surface area contributed by atoms with Crippen molar-refractivity contribution in [3.8, 4) is 5.75 Å². The highest BCUT2D eigenvalue weighted by atomic mass is 79.9. The normalized spacial score (nSPS) is 10.1. The van der Waals surface area contributed by atoms with Crippen LogP contribution in [0.25, 0.3) is 0 Å². The van der Waals surface area contributed by atoms with Crippen molar-refractivity contribution in [3.05, 3.63) is 64.1 Å². The molecule has 0 fully saturated rings. The van der Waals surface area contributed by atoms with E-state index in [9.17, 15) is 9.59 Å². The number of aryl methyl sites for hydroxylation is 1. The summed E-state index contributed by atoms with van der Waals surface area (Å²) in [5.74, 6) is -0.0680. The molecule has 5 nitrogen and oxygen atoms in total. The van der Waals surface area contributed by atoms with E-state index in [1.807, 2.05) is 31.2 Å². The first kappa shape index (κ1) is 18.0. The minimum atomic E-state index is -0.506. The number of carbonyl (C=O) groups excluding carboxylic acids is 2. The molecule has 24 heavy (non-hydrogen) atoms. The molecule has 0 saturated heterocycles. The van der Waals surface area contributed by atoms with Crippen molar-refractivity contribution in [2.45, 2.75) is 6.92 Å². The summed E-state index contributed by atoms with van der Waals surface area (Å²) in [7, 11) is 0. The van der Waals surface area contributed by atoms with E-state index in [1.54, 1.807) is 24.3 Å². The van der Waals surface area contributed by atoms with E-state index < -0.39 is 5.97 Å². The van der Waals surface area contributed by atoms with Crippen molar-refractivity contribution < 1.29 is 19.1 Å². The maximum Gasteiger partial charge on any atom is 0.325 e. The predicted octanol–water partition coefficient (Wildman–Crippen LogP) is 3.11. The lowest BCUT2D eigenvalue weighted by molar-refractivity contribution is -0.143. The predicted molar refractivity (Wildman–Crippen MR) is 94.1 cm³/mol. The SMILES string of the molecule is Cc1ccccc1OCCOC(=O)CNC(=O)c1ccc(Br)cc1. The quantitative estimate of drug-likeness (QED) is 0.581. The second-order valence-corrected chi connectivity index (χ2v) is 5.94. The van der Waals surface area contributed by atoms with E-state index in [1.165, 1.54) is 0 Å². The number of nitrogens with one attached hydrogen (secondary N) is 1. The largest absolute Gasteiger partial charge is 0.490 e. The zero-order valence-electron chi connectivity index (χ0n) is 13.3. The van der Waals surface area contributed by atoms with Gasteiger partial charge >= 0.3 is 5.97 Å². The molecule has 0 aliphatic heterocycles. The van der Waals surface area contributed by atoms with Gasteiger partial charge in [0.1, 0.15) is 25.5 Å². The summed E-state index contributed by atoms with van der Waals surface area (Å²) < 4.78 is 11.4. The molecule has 0 bridgehead atoms. The molecule has 0 spiro atoms. The van der Waals surface area contributed by atoms with Crippen molar-refractivity contribution in [1.82, 2.24) is 5.32 Å². The van der Waals surface area contributed by atoms with Crippen LogP contribution in [0.15, 0.2) is 53.0 Å². The van der Waals surface area contributed by atoms with Crippen LogP contribution in [0.3, 0.4) is 0 Å². The molecule has 0 aromatic heterocycles. The van der Waals surface area contributed by atoms with Crippen LogP contribution in [-0.4, -0.2) is 31.6 Å². The number of halogens is 1. The Labute approximate surface area is 149 Å². The van der Waals surface area contributed by atoms with Crippen molar-refractivity contribution in [2.24, 2.45) is 0 Å². The highest BCUT2D eigenvalue weighted by Crippen LogP contribution is 2.15. The average molecular weight is 392 g/mol. The Hall–Kier alpha value is -2.34. The smallest absolute Gasteiger partial charge is 0.325 e. The molecule has 1 N–H and O–H groups in total. The van der Waals surface area contributed by atoms with Gasteiger partial charge in [0, 0.05) is 10.0 Å². The fraction of sp³-hybridized carbons (Fsp3) is 0.222. The van der Waals surface area contributed by atoms with E-state index in [0.29, 0.717) is 5.56 Å². The standard InChI is InChI=1S/C18H18BrNO4/c1-13-4-2-3-5-16(13)23-10-11-24-17(21)12-20-18(22)14-6-8-15(19)9-7-14/h2-9H,10-12H2,1H3,(H,20,22). The van der Waals surface area contributed by atoms with Gasteiger partial charge in [-0.2, -0.15) is 0 Å². The Morgan fingerprint density at radius 1 is 1.04 bits per heavy atom. The summed E-state index contributed by atoms with van der Waals surface area (Å²) in [6.07, 6.45) is 0. The van der Waals surface area contributed by atoms with Gasteiger partial charge < -0.3 is 14.8 Å². The van der Waals surface area contributed by atoms with E-state index in [2.05, 4.69) is 21.2 Å². The molecule has 126 valence electrons. The van der Waals surface area contributed by atoms with Gasteiger partial charge in [-0.3, -0.25) is 9.59 Å². The van der Waals surface area contributed by atoms with Crippen LogP contribution in [-0.2, 0) is 9.53 Å². The summed E-state index contributed by atoms with van der Waals surface area (Å²) in [6, 6.07) is 14.5. The van der Waals surface area contributed by atoms with Crippen LogP contribution in [0.4, 0.5) is 0 Å². The number of hydrogen-bond donors (Lipinski definition) is 1. The number of esters is 1. The highest BCUT2D eigenvalue weighted by Gasteiger charge is 2.09. The highest BCUT2D eigenvalue weighted by molar-refractivity contribution is 9.10. The fourth-order valence-electron chi connectivity index (χ4n) is 1.93. The summed E-state index contributed by atoms with van der Waals surface area (Å²) in [5.41, 5.74) is 1.50. The molecule has 6 heteroatoms. The second-order valence-electron chi connectivity index (χ2n) is 5.02. The minimum Gasteiger partial charge on any atom is -0.490 e. The van der Waals surface area contributed by atoms with Crippen molar-refractivity contribution in [1.29, 1.82) is 0 Å². The number of carbonyl (C=O) groups is 2. The van der Waals surface area contributed by atoms with Gasteiger partial charge in [-0.05, 0) is 42.8 Å². The molecular formula is C18H18BrNO4. The summed E-state index contributed by atoms with van der Waals surface area (Å²) in [4.78, 5) is 23.5. The molecule has 2 rings (SSSR count). The first-order valence-electron chi connectivity index (χ1n) is 7.44. The lowest BCUT2D eigenvalue weighted by Crippen LogP contribution is -2.31. The lowest BCUT2D eigenvalue weighted by atomic mass is 10.2. The maximum absolute atomic E-state index is 11.9. The average Bonchev–Trinajstić information content (AvgIpc) is 2.58. The zero-order chi connectivity index (χ0) is 17.4. The number of para-hydroxylation sites is 1. The fourth-order valence-corrected chi connectivity index (χ4v) is 2.20. The topological polar surface area (TPSA) is 64.6 Å². The molecule has 0 unspecified atom stereocenters. The number of hydrogen-bond acceptors (Lipinski definition) is 4. The van der Waals surface area contributed by atoms with Crippen LogP contribution < -0.4 is 10.1 Å². The third-order valence-electron chi connectivity index (χ3n) is 3.20. The third-order valence-corrected chi connectivity index (χ3v) is 3.73. The number of rotatable bonds is 7. The number of ether oxygens (including phenoxy) is 2. The van der Waals surface area contributed by atoms with Crippen molar-refractivity contribution in [2.75, 3.05) is 19.8 Å². The van der Waals surface area contributed by atoms with Crippen LogP contribution in [0, 0.1) is 6.92 Å². The molecule has 2 aromatic carbocycles. The van der Waals surface area contributed by atoms with Gasteiger partial charge in [-0.15, -0.1) is 0 Å². The Bertz CT molecular complexity index is 700. The van der Waals surface area contributed by atoms with Gasteiger partial charge in [0.05, 0.1) is 0 Å². The molecule has 1 amide bonds. The van der Waals surface area contributed by atoms with Crippen molar-refractivity contribution >= 4 is 27.8 Å². The van der Waals surface area contributed by atoms with E-state index in [4.69, 9.17) is 9.47 Å². The molecular weight excluding hydrogens is 374 g/mol. The molecule has 2 aromatic rings. The van der Waals surface area contributed by atoms with Crippen molar-refractivity contribution in [3.63, 3.8) is 0 Å². The molecule has 0 atom stereocenters. The molecule has 0 radical (unpaired) electrons.